The summed E-state index contributed by atoms with van der Waals surface area (Å²) in [5.41, 5.74) is 2.14. The molecule has 0 amide bonds. The summed E-state index contributed by atoms with van der Waals surface area (Å²) in [6.45, 7) is 2.01. The molecule has 0 saturated heterocycles. The highest BCUT2D eigenvalue weighted by Crippen LogP contribution is 2.30. The van der Waals surface area contributed by atoms with Gasteiger partial charge in [-0.15, -0.1) is 0 Å². The maximum absolute atomic E-state index is 13.7. The summed E-state index contributed by atoms with van der Waals surface area (Å²) in [4.78, 5) is 0. The zero-order valence-corrected chi connectivity index (χ0v) is 12.9. The number of hydrogen-bond acceptors (Lipinski definition) is 1. The topological polar surface area (TPSA) is 9.23 Å². The van der Waals surface area contributed by atoms with Crippen molar-refractivity contribution in [3.05, 3.63) is 57.8 Å². The van der Waals surface area contributed by atoms with Crippen LogP contribution in [-0.4, -0.2) is 0 Å². The summed E-state index contributed by atoms with van der Waals surface area (Å²) in [6, 6.07) is 10.6. The molecule has 0 aliphatic heterocycles. The lowest BCUT2D eigenvalue weighted by atomic mass is 10.1. The molecule has 94 valence electrons. The van der Waals surface area contributed by atoms with E-state index in [0.717, 1.165) is 11.1 Å². The second-order valence-electron chi connectivity index (χ2n) is 3.92. The number of halogens is 3. The molecule has 1 nitrogen and oxygen atoms in total. The molecule has 0 aliphatic rings. The molecule has 0 spiro atoms. The lowest BCUT2D eigenvalue weighted by molar-refractivity contribution is 0.439. The van der Waals surface area contributed by atoms with Crippen LogP contribution in [0.2, 0.25) is 0 Å². The van der Waals surface area contributed by atoms with Gasteiger partial charge in [0.05, 0.1) is 0 Å². The third-order valence-corrected chi connectivity index (χ3v) is 3.57. The fourth-order valence-electron chi connectivity index (χ4n) is 1.59. The van der Waals surface area contributed by atoms with Crippen molar-refractivity contribution in [3.8, 4) is 11.5 Å². The minimum absolute atomic E-state index is 0.226. The number of rotatable bonds is 3. The molecule has 2 aromatic carbocycles. The quantitative estimate of drug-likeness (QED) is 0.637. The van der Waals surface area contributed by atoms with E-state index in [-0.39, 0.29) is 11.6 Å². The van der Waals surface area contributed by atoms with Crippen molar-refractivity contribution in [2.45, 2.75) is 12.3 Å². The Labute approximate surface area is 122 Å². The molecule has 0 saturated carbocycles. The number of hydrogen-bond donors (Lipinski definition) is 0. The Bertz CT molecular complexity index is 570. The van der Waals surface area contributed by atoms with Crippen molar-refractivity contribution in [2.75, 3.05) is 0 Å². The minimum Gasteiger partial charge on any atom is -0.454 e. The first-order valence-electron chi connectivity index (χ1n) is 5.38. The van der Waals surface area contributed by atoms with Crippen molar-refractivity contribution in [1.29, 1.82) is 0 Å². The van der Waals surface area contributed by atoms with Gasteiger partial charge in [0, 0.05) is 15.4 Å². The Morgan fingerprint density at radius 3 is 2.50 bits per heavy atom. The van der Waals surface area contributed by atoms with E-state index < -0.39 is 0 Å². The van der Waals surface area contributed by atoms with Gasteiger partial charge in [0.1, 0.15) is 5.75 Å². The van der Waals surface area contributed by atoms with Gasteiger partial charge in [-0.3, -0.25) is 0 Å². The SMILES string of the molecule is Cc1ccc(Oc2ccc(Br)cc2F)c(CBr)c1. The molecule has 4 heteroatoms. The fraction of sp³-hybridized carbons (Fsp3) is 0.143. The number of alkyl halides is 1. The first-order chi connectivity index (χ1) is 8.60. The minimum atomic E-state index is -0.384. The van der Waals surface area contributed by atoms with Gasteiger partial charge in [0.15, 0.2) is 11.6 Å². The zero-order chi connectivity index (χ0) is 13.1. The van der Waals surface area contributed by atoms with E-state index in [9.17, 15) is 4.39 Å². The van der Waals surface area contributed by atoms with Crippen LogP contribution in [0.25, 0.3) is 0 Å². The highest BCUT2D eigenvalue weighted by atomic mass is 79.9. The Morgan fingerprint density at radius 1 is 1.11 bits per heavy atom. The molecule has 0 atom stereocenters. The van der Waals surface area contributed by atoms with E-state index in [1.165, 1.54) is 6.07 Å². The van der Waals surface area contributed by atoms with Gasteiger partial charge < -0.3 is 4.74 Å². The Balaban J connectivity index is 2.33. The van der Waals surface area contributed by atoms with Crippen molar-refractivity contribution < 1.29 is 9.13 Å². The Kier molecular flexibility index (Phi) is 4.40. The lowest BCUT2D eigenvalue weighted by Gasteiger charge is -2.11. The molecule has 0 fully saturated rings. The number of aryl methyl sites for hydroxylation is 1. The molecule has 18 heavy (non-hydrogen) atoms. The fourth-order valence-corrected chi connectivity index (χ4v) is 2.36. The predicted octanol–water partition coefficient (Wildman–Crippen LogP) is 5.58. The van der Waals surface area contributed by atoms with Gasteiger partial charge in [-0.2, -0.15) is 0 Å². The summed E-state index contributed by atoms with van der Waals surface area (Å²) in [7, 11) is 0. The highest BCUT2D eigenvalue weighted by molar-refractivity contribution is 9.10. The first kappa shape index (κ1) is 13.6. The molecule has 0 heterocycles. The standard InChI is InChI=1S/C14H11Br2FO/c1-9-2-4-13(10(6-9)8-15)18-14-5-3-11(16)7-12(14)17/h2-7H,8H2,1H3. The van der Waals surface area contributed by atoms with Crippen molar-refractivity contribution >= 4 is 31.9 Å². The van der Waals surface area contributed by atoms with Crippen LogP contribution in [0.1, 0.15) is 11.1 Å². The van der Waals surface area contributed by atoms with E-state index in [1.54, 1.807) is 12.1 Å². The van der Waals surface area contributed by atoms with Crippen molar-refractivity contribution in [3.63, 3.8) is 0 Å². The van der Waals surface area contributed by atoms with Crippen molar-refractivity contribution in [2.24, 2.45) is 0 Å². The number of ether oxygens (including phenoxy) is 1. The maximum atomic E-state index is 13.7. The van der Waals surface area contributed by atoms with Crippen LogP contribution < -0.4 is 4.74 Å². The van der Waals surface area contributed by atoms with E-state index in [0.29, 0.717) is 15.6 Å². The summed E-state index contributed by atoms with van der Waals surface area (Å²) in [5.74, 6) is 0.508. The van der Waals surface area contributed by atoms with Gasteiger partial charge >= 0.3 is 0 Å². The van der Waals surface area contributed by atoms with Crippen LogP contribution >= 0.6 is 31.9 Å². The summed E-state index contributed by atoms with van der Waals surface area (Å²) < 4.78 is 20.0. The first-order valence-corrected chi connectivity index (χ1v) is 7.30. The zero-order valence-electron chi connectivity index (χ0n) is 9.71. The largest absolute Gasteiger partial charge is 0.454 e. The van der Waals surface area contributed by atoms with E-state index in [1.807, 2.05) is 25.1 Å². The molecular weight excluding hydrogens is 363 g/mol. The molecule has 0 unspecified atom stereocenters. The van der Waals surface area contributed by atoms with Crippen LogP contribution in [0.4, 0.5) is 4.39 Å². The third-order valence-electron chi connectivity index (χ3n) is 2.47. The van der Waals surface area contributed by atoms with Crippen LogP contribution in [0.15, 0.2) is 40.9 Å². The van der Waals surface area contributed by atoms with Crippen molar-refractivity contribution in [1.82, 2.24) is 0 Å². The predicted molar refractivity (Wildman–Crippen MR) is 78.0 cm³/mol. The van der Waals surface area contributed by atoms with Gasteiger partial charge in [0.25, 0.3) is 0 Å². The van der Waals surface area contributed by atoms with Crippen LogP contribution in [0.5, 0.6) is 11.5 Å². The average Bonchev–Trinajstić information content (AvgIpc) is 2.34. The maximum Gasteiger partial charge on any atom is 0.166 e. The van der Waals surface area contributed by atoms with Gasteiger partial charge in [-0.1, -0.05) is 49.6 Å². The smallest absolute Gasteiger partial charge is 0.166 e. The molecule has 2 aromatic rings. The molecule has 0 bridgehead atoms. The molecular formula is C14H11Br2FO. The molecule has 0 N–H and O–H groups in total. The van der Waals surface area contributed by atoms with Gasteiger partial charge in [-0.05, 0) is 31.2 Å². The normalized spacial score (nSPS) is 10.4. The third kappa shape index (κ3) is 3.12. The van der Waals surface area contributed by atoms with Gasteiger partial charge in [0.2, 0.25) is 0 Å². The number of benzene rings is 2. The molecule has 0 radical (unpaired) electrons. The summed E-state index contributed by atoms with van der Waals surface area (Å²) >= 11 is 6.62. The van der Waals surface area contributed by atoms with Crippen LogP contribution in [0, 0.1) is 12.7 Å². The van der Waals surface area contributed by atoms with E-state index in [2.05, 4.69) is 31.9 Å². The van der Waals surface area contributed by atoms with Gasteiger partial charge in [-0.25, -0.2) is 4.39 Å². The van der Waals surface area contributed by atoms with E-state index in [4.69, 9.17) is 4.74 Å². The molecule has 0 aliphatic carbocycles. The summed E-state index contributed by atoms with van der Waals surface area (Å²) in [6.07, 6.45) is 0. The average molecular weight is 374 g/mol. The highest BCUT2D eigenvalue weighted by Gasteiger charge is 2.08. The lowest BCUT2D eigenvalue weighted by Crippen LogP contribution is -1.92. The Hall–Kier alpha value is -0.870. The monoisotopic (exact) mass is 372 g/mol. The Morgan fingerprint density at radius 2 is 1.83 bits per heavy atom. The molecule has 2 rings (SSSR count). The van der Waals surface area contributed by atoms with E-state index >= 15 is 0 Å². The second-order valence-corrected chi connectivity index (χ2v) is 5.40. The molecule has 0 aromatic heterocycles. The second kappa shape index (κ2) is 5.85. The van der Waals surface area contributed by atoms with Crippen LogP contribution in [0.3, 0.4) is 0 Å². The van der Waals surface area contributed by atoms with Crippen LogP contribution in [-0.2, 0) is 5.33 Å². The summed E-state index contributed by atoms with van der Waals surface area (Å²) in [5, 5.41) is 0.669.